The first kappa shape index (κ1) is 15.9. The second kappa shape index (κ2) is 6.67. The summed E-state index contributed by atoms with van der Waals surface area (Å²) in [6, 6.07) is 9.84. The molecule has 0 saturated carbocycles. The number of H-pyrrole nitrogens is 1. The molecule has 0 spiro atoms. The van der Waals surface area contributed by atoms with E-state index in [1.807, 2.05) is 24.3 Å². The van der Waals surface area contributed by atoms with Crippen molar-refractivity contribution in [1.29, 1.82) is 5.26 Å². The molecule has 24 heavy (non-hydrogen) atoms. The van der Waals surface area contributed by atoms with Gasteiger partial charge in [-0.2, -0.15) is 5.26 Å². The Bertz CT molecular complexity index is 817. The number of aryl methyl sites for hydroxylation is 1. The molecule has 124 valence electrons. The third-order valence-electron chi connectivity index (χ3n) is 4.25. The number of hydrogen-bond donors (Lipinski definition) is 2. The number of ether oxygens (including phenoxy) is 2. The van der Waals surface area contributed by atoms with Gasteiger partial charge in [0.15, 0.2) is 0 Å². The number of allylic oxidation sites excluding steroid dienone is 1. The monoisotopic (exact) mass is 324 g/mol. The Kier molecular flexibility index (Phi) is 4.43. The van der Waals surface area contributed by atoms with E-state index in [1.165, 1.54) is 0 Å². The van der Waals surface area contributed by atoms with E-state index >= 15 is 0 Å². The number of aromatic nitrogens is 2. The first-order valence-electron chi connectivity index (χ1n) is 7.98. The molecule has 1 atom stereocenters. The Morgan fingerprint density at radius 3 is 2.92 bits per heavy atom. The lowest BCUT2D eigenvalue weighted by Gasteiger charge is -2.25. The molecule has 1 unspecified atom stereocenters. The molecule has 0 fully saturated rings. The highest BCUT2D eigenvalue weighted by Gasteiger charge is 2.36. The molecule has 0 saturated heterocycles. The lowest BCUT2D eigenvalue weighted by Crippen LogP contribution is -2.21. The molecule has 6 nitrogen and oxygen atoms in total. The number of hydrogen-bond acceptors (Lipinski definition) is 5. The number of fused-ring (bicyclic) bond motifs is 1. The molecular weight excluding hydrogens is 304 g/mol. The van der Waals surface area contributed by atoms with Crippen LogP contribution in [0.15, 0.2) is 35.7 Å². The van der Waals surface area contributed by atoms with Crippen molar-refractivity contribution in [3.05, 3.63) is 52.5 Å². The molecule has 0 radical (unpaired) electrons. The van der Waals surface area contributed by atoms with E-state index in [4.69, 9.17) is 15.2 Å². The fourth-order valence-corrected chi connectivity index (χ4v) is 3.07. The topological polar surface area (TPSA) is 97.0 Å². The number of para-hydroxylation sites is 1. The second-order valence-electron chi connectivity index (χ2n) is 5.69. The van der Waals surface area contributed by atoms with E-state index < -0.39 is 0 Å². The van der Waals surface area contributed by atoms with Gasteiger partial charge in [-0.05, 0) is 18.9 Å². The quantitative estimate of drug-likeness (QED) is 0.881. The molecule has 3 rings (SSSR count). The lowest BCUT2D eigenvalue weighted by molar-refractivity contribution is 0.374. The SMILES string of the molecule is CCCCc1[nH]nc2c1C(c1ccccc1OC)C(C#N)=C(N)O2. The number of benzene rings is 1. The standard InChI is InChI=1S/C18H20N4O2/c1-3-4-8-13-16-15(11-7-5-6-9-14(11)23-2)12(10-19)17(20)24-18(16)22-21-13/h5-7,9,15H,3-4,8,20H2,1-2H3,(H,21,22). The zero-order valence-corrected chi connectivity index (χ0v) is 13.8. The highest BCUT2D eigenvalue weighted by atomic mass is 16.5. The van der Waals surface area contributed by atoms with Crippen molar-refractivity contribution >= 4 is 0 Å². The van der Waals surface area contributed by atoms with Crippen molar-refractivity contribution < 1.29 is 9.47 Å². The van der Waals surface area contributed by atoms with Gasteiger partial charge in [-0.3, -0.25) is 5.10 Å². The summed E-state index contributed by atoms with van der Waals surface area (Å²) in [5, 5.41) is 16.9. The van der Waals surface area contributed by atoms with Crippen molar-refractivity contribution in [2.45, 2.75) is 32.1 Å². The predicted molar refractivity (Wildman–Crippen MR) is 89.5 cm³/mol. The van der Waals surface area contributed by atoms with Crippen LogP contribution in [0.4, 0.5) is 0 Å². The zero-order chi connectivity index (χ0) is 17.1. The molecule has 1 aromatic carbocycles. The summed E-state index contributed by atoms with van der Waals surface area (Å²) in [5.41, 5.74) is 9.08. The average molecular weight is 324 g/mol. The van der Waals surface area contributed by atoms with Gasteiger partial charge in [0.1, 0.15) is 17.4 Å². The summed E-state index contributed by atoms with van der Waals surface area (Å²) >= 11 is 0. The molecule has 1 aliphatic rings. The molecule has 0 amide bonds. The number of unbranched alkanes of at least 4 members (excludes halogenated alkanes) is 1. The third kappa shape index (κ3) is 2.58. The van der Waals surface area contributed by atoms with E-state index in [-0.39, 0.29) is 11.8 Å². The van der Waals surface area contributed by atoms with E-state index in [0.29, 0.717) is 17.2 Å². The largest absolute Gasteiger partial charge is 0.496 e. The highest BCUT2D eigenvalue weighted by Crippen LogP contribution is 2.45. The fourth-order valence-electron chi connectivity index (χ4n) is 3.07. The Morgan fingerprint density at radius 2 is 2.21 bits per heavy atom. The van der Waals surface area contributed by atoms with E-state index in [1.54, 1.807) is 7.11 Å². The van der Waals surface area contributed by atoms with Crippen molar-refractivity contribution in [1.82, 2.24) is 10.2 Å². The van der Waals surface area contributed by atoms with Crippen LogP contribution >= 0.6 is 0 Å². The molecule has 3 N–H and O–H groups in total. The van der Waals surface area contributed by atoms with E-state index in [0.717, 1.165) is 36.1 Å². The van der Waals surface area contributed by atoms with Gasteiger partial charge in [-0.15, -0.1) is 5.10 Å². The maximum Gasteiger partial charge on any atom is 0.244 e. The van der Waals surface area contributed by atoms with Gasteiger partial charge in [0.2, 0.25) is 11.8 Å². The minimum Gasteiger partial charge on any atom is -0.496 e. The molecule has 0 bridgehead atoms. The second-order valence-corrected chi connectivity index (χ2v) is 5.69. The van der Waals surface area contributed by atoms with Crippen LogP contribution in [0.1, 0.15) is 42.5 Å². The Balaban J connectivity index is 2.19. The van der Waals surface area contributed by atoms with Crippen LogP contribution in [-0.2, 0) is 6.42 Å². The van der Waals surface area contributed by atoms with Gasteiger partial charge in [-0.1, -0.05) is 31.5 Å². The van der Waals surface area contributed by atoms with Crippen molar-refractivity contribution in [3.8, 4) is 17.7 Å². The Labute approximate surface area is 140 Å². The van der Waals surface area contributed by atoms with Crippen LogP contribution in [0, 0.1) is 11.3 Å². The van der Waals surface area contributed by atoms with Crippen LogP contribution in [-0.4, -0.2) is 17.3 Å². The van der Waals surface area contributed by atoms with Gasteiger partial charge < -0.3 is 15.2 Å². The minimum atomic E-state index is -0.347. The Morgan fingerprint density at radius 1 is 1.42 bits per heavy atom. The summed E-state index contributed by atoms with van der Waals surface area (Å²) in [6.07, 6.45) is 2.93. The van der Waals surface area contributed by atoms with Gasteiger partial charge in [-0.25, -0.2) is 0 Å². The zero-order valence-electron chi connectivity index (χ0n) is 13.8. The van der Waals surface area contributed by atoms with Gasteiger partial charge in [0.25, 0.3) is 0 Å². The molecule has 2 heterocycles. The summed E-state index contributed by atoms with van der Waals surface area (Å²) in [7, 11) is 1.62. The molecule has 6 heteroatoms. The van der Waals surface area contributed by atoms with E-state index in [2.05, 4.69) is 23.2 Å². The fraction of sp³-hybridized carbons (Fsp3) is 0.333. The maximum absolute atomic E-state index is 9.65. The number of aromatic amines is 1. The summed E-state index contributed by atoms with van der Waals surface area (Å²) < 4.78 is 11.1. The molecular formula is C18H20N4O2. The first-order chi connectivity index (χ1) is 11.7. The van der Waals surface area contributed by atoms with Gasteiger partial charge in [0.05, 0.1) is 18.6 Å². The van der Waals surface area contributed by atoms with Crippen molar-refractivity contribution in [3.63, 3.8) is 0 Å². The highest BCUT2D eigenvalue weighted by molar-refractivity contribution is 5.58. The summed E-state index contributed by atoms with van der Waals surface area (Å²) in [6.45, 7) is 2.13. The van der Waals surface area contributed by atoms with Crippen LogP contribution in [0.5, 0.6) is 11.6 Å². The normalized spacial score (nSPS) is 16.3. The molecule has 0 aliphatic carbocycles. The van der Waals surface area contributed by atoms with Crippen LogP contribution in [0.2, 0.25) is 0 Å². The van der Waals surface area contributed by atoms with Gasteiger partial charge in [0, 0.05) is 11.3 Å². The maximum atomic E-state index is 9.65. The summed E-state index contributed by atoms with van der Waals surface area (Å²) in [4.78, 5) is 0. The Hall–Kier alpha value is -2.94. The molecule has 1 aromatic heterocycles. The van der Waals surface area contributed by atoms with Crippen LogP contribution < -0.4 is 15.2 Å². The van der Waals surface area contributed by atoms with Crippen molar-refractivity contribution in [2.75, 3.05) is 7.11 Å². The van der Waals surface area contributed by atoms with Crippen LogP contribution in [0.3, 0.4) is 0 Å². The van der Waals surface area contributed by atoms with Crippen molar-refractivity contribution in [2.24, 2.45) is 5.73 Å². The number of nitriles is 1. The molecule has 2 aromatic rings. The van der Waals surface area contributed by atoms with Crippen LogP contribution in [0.25, 0.3) is 0 Å². The predicted octanol–water partition coefficient (Wildman–Crippen LogP) is 2.98. The molecule has 1 aliphatic heterocycles. The number of nitrogens with two attached hydrogens (primary N) is 1. The van der Waals surface area contributed by atoms with Gasteiger partial charge >= 0.3 is 0 Å². The van der Waals surface area contributed by atoms with E-state index in [9.17, 15) is 5.26 Å². The lowest BCUT2D eigenvalue weighted by atomic mass is 9.83. The number of nitrogens with one attached hydrogen (secondary N) is 1. The minimum absolute atomic E-state index is 0.0921. The first-order valence-corrected chi connectivity index (χ1v) is 7.98. The third-order valence-corrected chi connectivity index (χ3v) is 4.25. The average Bonchev–Trinajstić information content (AvgIpc) is 3.01. The number of rotatable bonds is 5. The number of nitrogens with zero attached hydrogens (tertiary/aromatic N) is 2. The number of methoxy groups -OCH3 is 1. The summed E-state index contributed by atoms with van der Waals surface area (Å²) in [5.74, 6) is 0.891. The smallest absolute Gasteiger partial charge is 0.244 e.